The number of esters is 1. The molecule has 2 aromatic rings. The molecular formula is C17H16F4N2O3. The summed E-state index contributed by atoms with van der Waals surface area (Å²) in [6.07, 6.45) is -4.96. The Bertz CT molecular complexity index is 811. The van der Waals surface area contributed by atoms with Gasteiger partial charge in [-0.15, -0.1) is 0 Å². The van der Waals surface area contributed by atoms with Gasteiger partial charge in [-0.1, -0.05) is 18.7 Å². The second kappa shape index (κ2) is 7.59. The van der Waals surface area contributed by atoms with Gasteiger partial charge in [0, 0.05) is 0 Å². The van der Waals surface area contributed by atoms with Crippen LogP contribution in [0.15, 0.2) is 30.8 Å². The topological polar surface area (TPSA) is 53.4 Å². The first-order chi connectivity index (χ1) is 12.2. The van der Waals surface area contributed by atoms with Crippen LogP contribution in [0.2, 0.25) is 0 Å². The molecule has 26 heavy (non-hydrogen) atoms. The van der Waals surface area contributed by atoms with Gasteiger partial charge in [-0.25, -0.2) is 9.18 Å². The third-order valence-corrected chi connectivity index (χ3v) is 3.45. The smallest absolute Gasteiger partial charge is 0.435 e. The molecule has 1 aromatic heterocycles. The molecular weight excluding hydrogens is 356 g/mol. The van der Waals surface area contributed by atoms with Crippen molar-refractivity contribution in [1.29, 1.82) is 0 Å². The molecule has 0 radical (unpaired) electrons. The Balaban J connectivity index is 2.58. The third-order valence-electron chi connectivity index (χ3n) is 3.45. The van der Waals surface area contributed by atoms with Crippen LogP contribution in [0.4, 0.5) is 17.6 Å². The molecule has 9 heteroatoms. The van der Waals surface area contributed by atoms with Crippen molar-refractivity contribution in [2.75, 3.05) is 13.7 Å². The van der Waals surface area contributed by atoms with Gasteiger partial charge in [-0.05, 0) is 24.6 Å². The van der Waals surface area contributed by atoms with Crippen LogP contribution in [0.1, 0.15) is 34.2 Å². The molecule has 0 amide bonds. The molecule has 0 aliphatic rings. The van der Waals surface area contributed by atoms with E-state index in [0.29, 0.717) is 11.3 Å². The molecule has 0 bridgehead atoms. The number of hydrogen-bond acceptors (Lipinski definition) is 4. The van der Waals surface area contributed by atoms with Crippen molar-refractivity contribution in [1.82, 2.24) is 9.78 Å². The number of carbonyl (C=O) groups excluding carboxylic acids is 1. The van der Waals surface area contributed by atoms with Crippen molar-refractivity contribution in [3.8, 4) is 5.75 Å². The lowest BCUT2D eigenvalue weighted by Gasteiger charge is -2.09. The van der Waals surface area contributed by atoms with Gasteiger partial charge in [0.15, 0.2) is 11.4 Å². The molecule has 0 N–H and O–H groups in total. The lowest BCUT2D eigenvalue weighted by molar-refractivity contribution is -0.141. The van der Waals surface area contributed by atoms with E-state index >= 15 is 0 Å². The lowest BCUT2D eigenvalue weighted by atomic mass is 10.1. The number of hydrogen-bond donors (Lipinski definition) is 0. The van der Waals surface area contributed by atoms with Gasteiger partial charge in [0.25, 0.3) is 0 Å². The van der Waals surface area contributed by atoms with Crippen molar-refractivity contribution in [2.24, 2.45) is 0 Å². The number of halogens is 4. The van der Waals surface area contributed by atoms with E-state index in [0.717, 1.165) is 4.68 Å². The maximum Gasteiger partial charge on any atom is 0.435 e. The normalized spacial score (nSPS) is 11.3. The fourth-order valence-electron chi connectivity index (χ4n) is 2.34. The summed E-state index contributed by atoms with van der Waals surface area (Å²) in [7, 11) is 1.47. The zero-order valence-corrected chi connectivity index (χ0v) is 14.1. The summed E-state index contributed by atoms with van der Waals surface area (Å²) in [6.45, 7) is 4.09. The Morgan fingerprint density at radius 3 is 2.35 bits per heavy atom. The SMILES string of the molecule is C=C(F)c1c(C(F)(F)F)nn(Cc2ccc(OC)cc2)c1C(=O)OCC. The quantitative estimate of drug-likeness (QED) is 0.567. The van der Waals surface area contributed by atoms with Gasteiger partial charge in [-0.3, -0.25) is 4.68 Å². The first-order valence-electron chi connectivity index (χ1n) is 7.51. The van der Waals surface area contributed by atoms with E-state index in [1.165, 1.54) is 14.0 Å². The molecule has 0 fully saturated rings. The highest BCUT2D eigenvalue weighted by Gasteiger charge is 2.42. The highest BCUT2D eigenvalue weighted by molar-refractivity contribution is 5.93. The van der Waals surface area contributed by atoms with Crippen molar-refractivity contribution in [3.63, 3.8) is 0 Å². The second-order valence-corrected chi connectivity index (χ2v) is 5.20. The molecule has 5 nitrogen and oxygen atoms in total. The fraction of sp³-hybridized carbons (Fsp3) is 0.294. The average molecular weight is 372 g/mol. The van der Waals surface area contributed by atoms with Gasteiger partial charge < -0.3 is 9.47 Å². The van der Waals surface area contributed by atoms with E-state index in [1.54, 1.807) is 24.3 Å². The average Bonchev–Trinajstić information content (AvgIpc) is 2.95. The van der Waals surface area contributed by atoms with Crippen LogP contribution >= 0.6 is 0 Å². The molecule has 0 spiro atoms. The second-order valence-electron chi connectivity index (χ2n) is 5.20. The summed E-state index contributed by atoms with van der Waals surface area (Å²) in [5.74, 6) is -1.98. The summed E-state index contributed by atoms with van der Waals surface area (Å²) < 4.78 is 64.0. The Hall–Kier alpha value is -2.84. The molecule has 0 saturated heterocycles. The van der Waals surface area contributed by atoms with Crippen LogP contribution in [0.5, 0.6) is 5.75 Å². The fourth-order valence-corrected chi connectivity index (χ4v) is 2.34. The van der Waals surface area contributed by atoms with Gasteiger partial charge in [0.2, 0.25) is 0 Å². The summed E-state index contributed by atoms with van der Waals surface area (Å²) >= 11 is 0. The van der Waals surface area contributed by atoms with Crippen LogP contribution in [0.3, 0.4) is 0 Å². The Morgan fingerprint density at radius 1 is 1.27 bits per heavy atom. The number of aromatic nitrogens is 2. The van der Waals surface area contributed by atoms with Crippen LogP contribution < -0.4 is 4.74 Å². The minimum absolute atomic E-state index is 0.0912. The first-order valence-corrected chi connectivity index (χ1v) is 7.51. The molecule has 0 aliphatic carbocycles. The third kappa shape index (κ3) is 4.04. The summed E-state index contributed by atoms with van der Waals surface area (Å²) in [4.78, 5) is 12.1. The predicted molar refractivity (Wildman–Crippen MR) is 85.4 cm³/mol. The summed E-state index contributed by atoms with van der Waals surface area (Å²) in [5.41, 5.74) is -2.64. The number of methoxy groups -OCH3 is 1. The molecule has 1 aromatic carbocycles. The Kier molecular flexibility index (Phi) is 5.69. The van der Waals surface area contributed by atoms with Gasteiger partial charge in [0.05, 0.1) is 25.8 Å². The minimum atomic E-state index is -4.96. The number of nitrogens with zero attached hydrogens (tertiary/aromatic N) is 2. The van der Waals surface area contributed by atoms with Crippen molar-refractivity contribution in [3.05, 3.63) is 53.4 Å². The molecule has 140 valence electrons. The van der Waals surface area contributed by atoms with Crippen LogP contribution in [-0.2, 0) is 17.5 Å². The first kappa shape index (κ1) is 19.5. The summed E-state index contributed by atoms with van der Waals surface area (Å²) in [5, 5.41) is 3.40. The number of ether oxygens (including phenoxy) is 2. The van der Waals surface area contributed by atoms with E-state index in [1.807, 2.05) is 0 Å². The summed E-state index contributed by atoms with van der Waals surface area (Å²) in [6, 6.07) is 6.38. The predicted octanol–water partition coefficient (Wildman–Crippen LogP) is 4.08. The zero-order valence-electron chi connectivity index (χ0n) is 14.1. The van der Waals surface area contributed by atoms with E-state index in [9.17, 15) is 22.4 Å². The van der Waals surface area contributed by atoms with E-state index in [-0.39, 0.29) is 13.2 Å². The Labute approximate surface area is 146 Å². The molecule has 0 aliphatic heterocycles. The largest absolute Gasteiger partial charge is 0.497 e. The Morgan fingerprint density at radius 2 is 1.88 bits per heavy atom. The number of alkyl halides is 3. The maximum absolute atomic E-state index is 13.8. The maximum atomic E-state index is 13.8. The molecule has 0 saturated carbocycles. The van der Waals surface area contributed by atoms with Crippen LogP contribution in [-0.4, -0.2) is 29.5 Å². The van der Waals surface area contributed by atoms with E-state index < -0.39 is 34.9 Å². The van der Waals surface area contributed by atoms with Gasteiger partial charge in [0.1, 0.15) is 11.6 Å². The molecule has 1 heterocycles. The number of rotatable bonds is 6. The molecule has 0 unspecified atom stereocenters. The van der Waals surface area contributed by atoms with Crippen molar-refractivity contribution >= 4 is 11.8 Å². The van der Waals surface area contributed by atoms with E-state index in [2.05, 4.69) is 11.7 Å². The van der Waals surface area contributed by atoms with Crippen LogP contribution in [0.25, 0.3) is 5.83 Å². The highest BCUT2D eigenvalue weighted by atomic mass is 19.4. The highest BCUT2D eigenvalue weighted by Crippen LogP contribution is 2.36. The van der Waals surface area contributed by atoms with Gasteiger partial charge >= 0.3 is 12.1 Å². The minimum Gasteiger partial charge on any atom is -0.497 e. The molecule has 2 rings (SSSR count). The van der Waals surface area contributed by atoms with E-state index in [4.69, 9.17) is 9.47 Å². The van der Waals surface area contributed by atoms with Crippen molar-refractivity contribution < 1.29 is 31.8 Å². The van der Waals surface area contributed by atoms with Crippen LogP contribution in [0, 0.1) is 0 Å². The van der Waals surface area contributed by atoms with Gasteiger partial charge in [-0.2, -0.15) is 18.3 Å². The zero-order chi connectivity index (χ0) is 19.5. The standard InChI is InChI=1S/C17H16F4N2O3/c1-4-26-16(24)14-13(10(2)18)15(17(19,20)21)22-23(14)9-11-5-7-12(25-3)8-6-11/h5-8H,2,4,9H2,1,3H3. The number of benzene rings is 1. The lowest BCUT2D eigenvalue weighted by Crippen LogP contribution is -2.15. The number of carbonyl (C=O) groups is 1. The monoisotopic (exact) mass is 372 g/mol. The molecule has 0 atom stereocenters. The van der Waals surface area contributed by atoms with Crippen molar-refractivity contribution in [2.45, 2.75) is 19.6 Å².